The molecule has 2 atom stereocenters. The molecule has 1 amide bonds. The zero-order valence-corrected chi connectivity index (χ0v) is 24.5. The molecule has 1 aliphatic heterocycles. The maximum atomic E-state index is 13.6. The number of anilines is 2. The van der Waals surface area contributed by atoms with E-state index in [0.29, 0.717) is 47.8 Å². The van der Waals surface area contributed by atoms with E-state index in [2.05, 4.69) is 32.9 Å². The van der Waals surface area contributed by atoms with Crippen molar-refractivity contribution in [3.63, 3.8) is 0 Å². The number of halogens is 5. The zero-order valence-electron chi connectivity index (χ0n) is 22.8. The SMILES string of the molecule is CNC(=O)c1ccc(NCC#Cc2nn3c(NC45CCN(CC(F)F)CC4C5)cccc3c2[Se]C(F)(F)F)c(OC)c1. The second-order valence-electron chi connectivity index (χ2n) is 10.2. The second-order valence-corrected chi connectivity index (χ2v) is 12.4. The number of carbonyl (C=O) groups is 1. The van der Waals surface area contributed by atoms with Crippen molar-refractivity contribution < 1.29 is 31.5 Å². The van der Waals surface area contributed by atoms with Crippen LogP contribution in [0, 0.1) is 17.8 Å². The van der Waals surface area contributed by atoms with E-state index in [-0.39, 0.29) is 40.6 Å². The number of aromatic nitrogens is 2. The molecule has 5 rings (SSSR count). The number of carbonyl (C=O) groups excluding carboxylic acids is 1. The molecule has 0 radical (unpaired) electrons. The summed E-state index contributed by atoms with van der Waals surface area (Å²) in [5.74, 6) is 6.54. The quantitative estimate of drug-likeness (QED) is 0.187. The number of hydrogen-bond donors (Lipinski definition) is 3. The number of amides is 1. The number of alkyl halides is 5. The summed E-state index contributed by atoms with van der Waals surface area (Å²) in [6.07, 6.45) is -0.926. The standard InChI is InChI=1S/C28H29F5N6O2Se/c1-34-26(40)17-8-9-19(22(13-17)41-2)35-11-4-5-20-25(42-28(31,32)33)21-6-3-7-24(39(21)37-20)36-27-10-12-38(16-23(29)30)15-18(27)14-27/h3,6-9,13,18,23,35-36H,10-12,14-16H2,1-2H3,(H,34,40). The Bertz CT molecular complexity index is 1530. The zero-order chi connectivity index (χ0) is 30.1. The molecule has 3 heterocycles. The summed E-state index contributed by atoms with van der Waals surface area (Å²) in [4.78, 5) is 13.6. The summed E-state index contributed by atoms with van der Waals surface area (Å²) >= 11 is -1.88. The summed E-state index contributed by atoms with van der Waals surface area (Å²) in [7, 11) is 2.98. The number of piperidine rings is 1. The first kappa shape index (κ1) is 29.9. The van der Waals surface area contributed by atoms with Gasteiger partial charge in [-0.25, -0.2) is 0 Å². The number of nitrogens with one attached hydrogen (secondary N) is 3. The van der Waals surface area contributed by atoms with Crippen molar-refractivity contribution >= 4 is 42.3 Å². The number of likely N-dealkylation sites (tertiary alicyclic amines) is 1. The van der Waals surface area contributed by atoms with Crippen LogP contribution in [0.5, 0.6) is 5.75 Å². The van der Waals surface area contributed by atoms with E-state index in [1.807, 2.05) is 0 Å². The Hall–Kier alpha value is -3.53. The summed E-state index contributed by atoms with van der Waals surface area (Å²) in [5.41, 5.74) is 1.07. The minimum absolute atomic E-state index is 0.0373. The van der Waals surface area contributed by atoms with Gasteiger partial charge in [-0.3, -0.25) is 0 Å². The number of ether oxygens (including phenoxy) is 1. The van der Waals surface area contributed by atoms with Crippen molar-refractivity contribution in [3.05, 3.63) is 47.7 Å². The number of nitrogens with zero attached hydrogens (tertiary/aromatic N) is 3. The third kappa shape index (κ3) is 6.59. The first-order valence-corrected chi connectivity index (χ1v) is 14.9. The van der Waals surface area contributed by atoms with Gasteiger partial charge in [-0.1, -0.05) is 0 Å². The minimum atomic E-state index is -4.41. The fourth-order valence-corrected chi connectivity index (χ4v) is 6.77. The first-order chi connectivity index (χ1) is 20.0. The molecule has 3 aromatic rings. The molecule has 0 spiro atoms. The molecule has 2 aliphatic rings. The van der Waals surface area contributed by atoms with Crippen molar-refractivity contribution in [3.8, 4) is 17.6 Å². The molecule has 2 unspecified atom stereocenters. The van der Waals surface area contributed by atoms with Crippen LogP contribution in [-0.2, 0) is 0 Å². The molecule has 1 saturated carbocycles. The molecule has 3 N–H and O–H groups in total. The number of rotatable bonds is 9. The van der Waals surface area contributed by atoms with E-state index in [0.717, 1.165) is 6.42 Å². The van der Waals surface area contributed by atoms with Crippen molar-refractivity contribution in [2.45, 2.75) is 29.9 Å². The first-order valence-electron chi connectivity index (χ1n) is 13.2. The fourth-order valence-electron chi connectivity index (χ4n) is 5.35. The van der Waals surface area contributed by atoms with E-state index in [1.165, 1.54) is 18.7 Å². The van der Waals surface area contributed by atoms with E-state index in [9.17, 15) is 26.7 Å². The van der Waals surface area contributed by atoms with Gasteiger partial charge in [0.15, 0.2) is 0 Å². The van der Waals surface area contributed by atoms with Crippen LogP contribution in [0.4, 0.5) is 33.5 Å². The molecule has 42 heavy (non-hydrogen) atoms. The average Bonchev–Trinajstić information content (AvgIpc) is 3.55. The predicted octanol–water partition coefficient (Wildman–Crippen LogP) is 3.16. The van der Waals surface area contributed by atoms with Gasteiger partial charge in [-0.05, 0) is 0 Å². The Labute approximate surface area is 245 Å². The number of pyridine rings is 1. The molecule has 1 saturated heterocycles. The van der Waals surface area contributed by atoms with Crippen molar-refractivity contribution in [1.82, 2.24) is 19.8 Å². The van der Waals surface area contributed by atoms with Crippen LogP contribution in [-0.4, -0.2) is 92.8 Å². The van der Waals surface area contributed by atoms with Crippen LogP contribution in [0.15, 0.2) is 36.4 Å². The Kier molecular flexibility index (Phi) is 8.55. The summed E-state index contributed by atoms with van der Waals surface area (Å²) < 4.78 is 73.4. The van der Waals surface area contributed by atoms with Gasteiger partial charge in [0.2, 0.25) is 0 Å². The summed E-state index contributed by atoms with van der Waals surface area (Å²) in [5, 5.41) is 9.15. The monoisotopic (exact) mass is 656 g/mol. The molecule has 1 aromatic carbocycles. The summed E-state index contributed by atoms with van der Waals surface area (Å²) in [6.45, 7) is 0.911. The van der Waals surface area contributed by atoms with Gasteiger partial charge in [0.1, 0.15) is 0 Å². The normalized spacial score (nSPS) is 20.0. The molecular formula is C28H29F5N6O2Se. The molecule has 224 valence electrons. The van der Waals surface area contributed by atoms with Gasteiger partial charge in [-0.2, -0.15) is 0 Å². The second kappa shape index (κ2) is 12.0. The van der Waals surface area contributed by atoms with Crippen molar-refractivity contribution in [2.75, 3.05) is 51.0 Å². The average molecular weight is 656 g/mol. The van der Waals surface area contributed by atoms with Crippen LogP contribution < -0.4 is 25.1 Å². The van der Waals surface area contributed by atoms with Gasteiger partial charge in [0, 0.05) is 7.05 Å². The van der Waals surface area contributed by atoms with E-state index >= 15 is 0 Å². The van der Waals surface area contributed by atoms with E-state index in [4.69, 9.17) is 4.74 Å². The topological polar surface area (TPSA) is 82.9 Å². The van der Waals surface area contributed by atoms with Gasteiger partial charge in [0.05, 0.1) is 0 Å². The van der Waals surface area contributed by atoms with Gasteiger partial charge in [0.25, 0.3) is 0 Å². The van der Waals surface area contributed by atoms with Crippen LogP contribution in [0.25, 0.3) is 5.52 Å². The number of benzene rings is 1. The Balaban J connectivity index is 1.36. The third-order valence-electron chi connectivity index (χ3n) is 7.45. The molecule has 14 heteroatoms. The van der Waals surface area contributed by atoms with Crippen molar-refractivity contribution in [2.24, 2.45) is 5.92 Å². The fraction of sp³-hybridized carbons (Fsp3) is 0.429. The van der Waals surface area contributed by atoms with Crippen molar-refractivity contribution in [1.29, 1.82) is 0 Å². The molecule has 8 nitrogen and oxygen atoms in total. The summed E-state index contributed by atoms with van der Waals surface area (Å²) in [6, 6.07) is 9.88. The molecule has 1 aliphatic carbocycles. The Morgan fingerprint density at radius 1 is 1.29 bits per heavy atom. The van der Waals surface area contributed by atoms with Crippen LogP contribution in [0.3, 0.4) is 0 Å². The van der Waals surface area contributed by atoms with Gasteiger partial charge in [-0.15, -0.1) is 0 Å². The number of fused-ring (bicyclic) bond motifs is 2. The molecule has 2 aromatic heterocycles. The Morgan fingerprint density at radius 3 is 2.79 bits per heavy atom. The molecular weight excluding hydrogens is 626 g/mol. The molecule has 2 fully saturated rings. The van der Waals surface area contributed by atoms with E-state index in [1.54, 1.807) is 41.3 Å². The van der Waals surface area contributed by atoms with E-state index < -0.39 is 26.5 Å². The third-order valence-corrected chi connectivity index (χ3v) is 9.21. The van der Waals surface area contributed by atoms with Crippen LogP contribution >= 0.6 is 0 Å². The van der Waals surface area contributed by atoms with Gasteiger partial charge < -0.3 is 0 Å². The van der Waals surface area contributed by atoms with Gasteiger partial charge >= 0.3 is 239 Å². The maximum absolute atomic E-state index is 13.6. The van der Waals surface area contributed by atoms with Crippen LogP contribution in [0.1, 0.15) is 28.9 Å². The number of methoxy groups -OCH3 is 1. The van der Waals surface area contributed by atoms with Crippen LogP contribution in [0.2, 0.25) is 0 Å². The number of hydrogen-bond acceptors (Lipinski definition) is 6. The predicted molar refractivity (Wildman–Crippen MR) is 150 cm³/mol. The molecule has 0 bridgehead atoms. The Morgan fingerprint density at radius 2 is 2.10 bits per heavy atom.